The molecular formula is C19H11BrN4O2S. The molecule has 0 unspecified atom stereocenters. The quantitative estimate of drug-likeness (QED) is 0.306. The molecule has 0 bridgehead atoms. The molecule has 8 heteroatoms. The minimum Gasteiger partial charge on any atom is -0.451 e. The van der Waals surface area contributed by atoms with Gasteiger partial charge in [0.1, 0.15) is 28.1 Å². The maximum atomic E-state index is 12.3. The van der Waals surface area contributed by atoms with Gasteiger partial charge in [0, 0.05) is 27.9 Å². The first-order valence-electron chi connectivity index (χ1n) is 8.12. The Kier molecular flexibility index (Phi) is 3.95. The van der Waals surface area contributed by atoms with Crippen LogP contribution in [0.2, 0.25) is 0 Å². The van der Waals surface area contributed by atoms with Crippen LogP contribution in [-0.2, 0) is 5.75 Å². The van der Waals surface area contributed by atoms with Gasteiger partial charge in [-0.15, -0.1) is 0 Å². The van der Waals surface area contributed by atoms with E-state index in [1.54, 1.807) is 12.3 Å². The summed E-state index contributed by atoms with van der Waals surface area (Å²) < 4.78 is 8.28. The lowest BCUT2D eigenvalue weighted by molar-refractivity contribution is 0.653. The third-order valence-electron chi connectivity index (χ3n) is 4.16. The first-order chi connectivity index (χ1) is 13.2. The van der Waals surface area contributed by atoms with Crippen LogP contribution in [0.15, 0.2) is 73.7 Å². The Bertz CT molecular complexity index is 1380. The Morgan fingerprint density at radius 1 is 1.15 bits per heavy atom. The Balaban J connectivity index is 1.52. The number of nitrogens with zero attached hydrogens (tertiary/aromatic N) is 4. The van der Waals surface area contributed by atoms with Gasteiger partial charge in [0.25, 0.3) is 5.56 Å². The number of para-hydroxylation sites is 1. The second-order valence-corrected chi connectivity index (χ2v) is 7.78. The second-order valence-electron chi connectivity index (χ2n) is 5.90. The van der Waals surface area contributed by atoms with Crippen molar-refractivity contribution >= 4 is 55.4 Å². The molecule has 1 aromatic carbocycles. The molecule has 0 aliphatic rings. The fraction of sp³-hybridized carbons (Fsp3) is 0.0526. The van der Waals surface area contributed by atoms with Crippen molar-refractivity contribution < 1.29 is 4.42 Å². The van der Waals surface area contributed by atoms with Gasteiger partial charge in [-0.3, -0.25) is 9.20 Å². The van der Waals surface area contributed by atoms with Crippen molar-refractivity contribution in [2.75, 3.05) is 0 Å². The van der Waals surface area contributed by atoms with Crippen LogP contribution in [0.1, 0.15) is 5.69 Å². The molecule has 0 spiro atoms. The number of halogens is 1. The number of furan rings is 1. The van der Waals surface area contributed by atoms with E-state index in [0.717, 1.165) is 26.0 Å². The molecule has 6 nitrogen and oxygen atoms in total. The van der Waals surface area contributed by atoms with Crippen molar-refractivity contribution in [2.24, 2.45) is 0 Å². The van der Waals surface area contributed by atoms with Crippen molar-refractivity contribution in [1.82, 2.24) is 19.4 Å². The van der Waals surface area contributed by atoms with E-state index in [-0.39, 0.29) is 5.56 Å². The minimum atomic E-state index is -0.117. The Labute approximate surface area is 165 Å². The average molecular weight is 439 g/mol. The summed E-state index contributed by atoms with van der Waals surface area (Å²) in [6.45, 7) is 0. The number of hydrogen-bond donors (Lipinski definition) is 0. The van der Waals surface area contributed by atoms with Crippen molar-refractivity contribution in [3.8, 4) is 0 Å². The van der Waals surface area contributed by atoms with Crippen molar-refractivity contribution in [3.05, 3.63) is 75.5 Å². The van der Waals surface area contributed by atoms with E-state index in [0.29, 0.717) is 22.7 Å². The topological polar surface area (TPSA) is 73.3 Å². The van der Waals surface area contributed by atoms with Gasteiger partial charge in [0.15, 0.2) is 5.58 Å². The molecule has 0 N–H and O–H groups in total. The fourth-order valence-corrected chi connectivity index (χ4v) is 4.11. The van der Waals surface area contributed by atoms with E-state index >= 15 is 0 Å². The molecule has 5 aromatic rings. The summed E-state index contributed by atoms with van der Waals surface area (Å²) in [4.78, 5) is 25.6. The van der Waals surface area contributed by atoms with Gasteiger partial charge in [-0.25, -0.2) is 15.0 Å². The molecule has 0 saturated carbocycles. The molecule has 0 saturated heterocycles. The molecule has 27 heavy (non-hydrogen) atoms. The number of thioether (sulfide) groups is 1. The summed E-state index contributed by atoms with van der Waals surface area (Å²) in [5.41, 5.74) is 3.41. The average Bonchev–Trinajstić information content (AvgIpc) is 3.06. The number of benzene rings is 1. The molecule has 132 valence electrons. The van der Waals surface area contributed by atoms with E-state index < -0.39 is 0 Å². The molecule has 0 amide bonds. The first-order valence-corrected chi connectivity index (χ1v) is 9.90. The van der Waals surface area contributed by atoms with E-state index in [9.17, 15) is 4.79 Å². The Morgan fingerprint density at radius 3 is 2.96 bits per heavy atom. The van der Waals surface area contributed by atoms with Gasteiger partial charge < -0.3 is 4.42 Å². The van der Waals surface area contributed by atoms with Gasteiger partial charge in [0.2, 0.25) is 0 Å². The molecule has 0 radical (unpaired) electrons. The van der Waals surface area contributed by atoms with Crippen LogP contribution in [0.3, 0.4) is 0 Å². The smallest absolute Gasteiger partial charge is 0.258 e. The fourth-order valence-electron chi connectivity index (χ4n) is 2.95. The van der Waals surface area contributed by atoms with Crippen LogP contribution in [0.4, 0.5) is 0 Å². The third kappa shape index (κ3) is 2.90. The standard InChI is InChI=1S/C19H11BrN4O2S/c20-11-5-6-15-23-12(7-16(25)24(15)8-11)9-27-19-18-17(21-10-22-19)13-3-1-2-4-14(13)26-18/h1-8,10H,9H2. The van der Waals surface area contributed by atoms with Gasteiger partial charge >= 0.3 is 0 Å². The summed E-state index contributed by atoms with van der Waals surface area (Å²) >= 11 is 4.84. The Hall–Kier alpha value is -2.71. The zero-order valence-corrected chi connectivity index (χ0v) is 16.2. The van der Waals surface area contributed by atoms with E-state index in [2.05, 4.69) is 30.9 Å². The second kappa shape index (κ2) is 6.47. The highest BCUT2D eigenvalue weighted by Crippen LogP contribution is 2.33. The van der Waals surface area contributed by atoms with Crippen LogP contribution < -0.4 is 5.56 Å². The summed E-state index contributed by atoms with van der Waals surface area (Å²) in [5.74, 6) is 0.505. The lowest BCUT2D eigenvalue weighted by atomic mass is 10.2. The highest BCUT2D eigenvalue weighted by atomic mass is 79.9. The lowest BCUT2D eigenvalue weighted by Crippen LogP contribution is -2.15. The normalized spacial score (nSPS) is 11.6. The molecule has 4 heterocycles. The molecule has 0 aliphatic heterocycles. The SMILES string of the molecule is O=c1cc(CSc2ncnc3c2oc2ccccc23)nc2ccc(Br)cn12. The zero-order valence-electron chi connectivity index (χ0n) is 13.8. The predicted octanol–water partition coefficient (Wildman–Crippen LogP) is 4.44. The summed E-state index contributed by atoms with van der Waals surface area (Å²) in [6.07, 6.45) is 3.25. The Morgan fingerprint density at radius 2 is 2.04 bits per heavy atom. The highest BCUT2D eigenvalue weighted by Gasteiger charge is 2.14. The zero-order chi connectivity index (χ0) is 18.4. The van der Waals surface area contributed by atoms with Gasteiger partial charge in [-0.2, -0.15) is 0 Å². The minimum absolute atomic E-state index is 0.117. The summed E-state index contributed by atoms with van der Waals surface area (Å²) in [7, 11) is 0. The number of rotatable bonds is 3. The summed E-state index contributed by atoms with van der Waals surface area (Å²) in [5, 5.41) is 1.69. The van der Waals surface area contributed by atoms with Crippen LogP contribution in [0.5, 0.6) is 0 Å². The lowest BCUT2D eigenvalue weighted by Gasteiger charge is -2.04. The highest BCUT2D eigenvalue weighted by molar-refractivity contribution is 9.10. The van der Waals surface area contributed by atoms with Crippen molar-refractivity contribution in [3.63, 3.8) is 0 Å². The van der Waals surface area contributed by atoms with Crippen LogP contribution in [-0.4, -0.2) is 19.4 Å². The molecule has 0 atom stereocenters. The van der Waals surface area contributed by atoms with Crippen molar-refractivity contribution in [1.29, 1.82) is 0 Å². The molecule has 4 aromatic heterocycles. The maximum absolute atomic E-state index is 12.3. The van der Waals surface area contributed by atoms with Crippen molar-refractivity contribution in [2.45, 2.75) is 10.8 Å². The van der Waals surface area contributed by atoms with Gasteiger partial charge in [0.05, 0.1) is 5.69 Å². The maximum Gasteiger partial charge on any atom is 0.258 e. The van der Waals surface area contributed by atoms with Crippen LogP contribution in [0, 0.1) is 0 Å². The number of hydrogen-bond acceptors (Lipinski definition) is 6. The molecule has 0 fully saturated rings. The number of fused-ring (bicyclic) bond motifs is 4. The van der Waals surface area contributed by atoms with E-state index in [1.807, 2.05) is 36.4 Å². The van der Waals surface area contributed by atoms with Gasteiger partial charge in [-0.1, -0.05) is 23.9 Å². The first kappa shape index (κ1) is 16.5. The monoisotopic (exact) mass is 438 g/mol. The van der Waals surface area contributed by atoms with E-state index in [1.165, 1.54) is 22.5 Å². The number of aromatic nitrogens is 4. The largest absolute Gasteiger partial charge is 0.451 e. The number of pyridine rings is 1. The van der Waals surface area contributed by atoms with Crippen LogP contribution in [0.25, 0.3) is 27.7 Å². The van der Waals surface area contributed by atoms with Gasteiger partial charge in [-0.05, 0) is 40.2 Å². The summed E-state index contributed by atoms with van der Waals surface area (Å²) in [6, 6.07) is 13.0. The van der Waals surface area contributed by atoms with Crippen LogP contribution >= 0.6 is 27.7 Å². The molecule has 0 aliphatic carbocycles. The predicted molar refractivity (Wildman–Crippen MR) is 108 cm³/mol. The van der Waals surface area contributed by atoms with E-state index in [4.69, 9.17) is 4.42 Å². The molecule has 5 rings (SSSR count). The molecular weight excluding hydrogens is 428 g/mol. The third-order valence-corrected chi connectivity index (χ3v) is 5.63.